The molecule has 128 valence electrons. The number of rotatable bonds is 5. The Balaban J connectivity index is 1.67. The van der Waals surface area contributed by atoms with E-state index in [4.69, 9.17) is 9.15 Å². The molecule has 1 heterocycles. The molecular weight excluding hydrogens is 322 g/mol. The lowest BCUT2D eigenvalue weighted by Gasteiger charge is -2.20. The van der Waals surface area contributed by atoms with Crippen LogP contribution in [0.25, 0.3) is 11.5 Å². The first-order chi connectivity index (χ1) is 11.7. The Morgan fingerprint density at radius 3 is 2.62 bits per heavy atom. The van der Waals surface area contributed by atoms with Gasteiger partial charge >= 0.3 is 5.97 Å². The van der Waals surface area contributed by atoms with E-state index in [9.17, 15) is 4.79 Å². The zero-order chi connectivity index (χ0) is 16.9. The summed E-state index contributed by atoms with van der Waals surface area (Å²) in [6, 6.07) is 7.15. The van der Waals surface area contributed by atoms with Crippen molar-refractivity contribution in [1.82, 2.24) is 4.98 Å². The van der Waals surface area contributed by atoms with Crippen LogP contribution in [0.2, 0.25) is 0 Å². The van der Waals surface area contributed by atoms with Gasteiger partial charge in [0.05, 0.1) is 18.4 Å². The second kappa shape index (κ2) is 7.88. The number of hydrogen-bond donors (Lipinski definition) is 0. The highest BCUT2D eigenvalue weighted by atomic mass is 32.2. The van der Waals surface area contributed by atoms with Gasteiger partial charge in [0, 0.05) is 16.6 Å². The van der Waals surface area contributed by atoms with Crippen molar-refractivity contribution in [2.45, 2.75) is 50.0 Å². The second-order valence-corrected chi connectivity index (χ2v) is 7.45. The first kappa shape index (κ1) is 17.1. The predicted octanol–water partition coefficient (Wildman–Crippen LogP) is 5.00. The normalized spacial score (nSPS) is 15.4. The van der Waals surface area contributed by atoms with Crippen LogP contribution in [0.5, 0.6) is 0 Å². The molecule has 0 spiro atoms. The number of carbonyl (C=O) groups excluding carboxylic acids is 1. The lowest BCUT2D eigenvalue weighted by atomic mass is 10.0. The molecule has 1 aromatic carbocycles. The maximum atomic E-state index is 11.5. The molecule has 1 aromatic heterocycles. The molecule has 1 fully saturated rings. The summed E-state index contributed by atoms with van der Waals surface area (Å²) in [4.78, 5) is 16.1. The van der Waals surface area contributed by atoms with E-state index in [0.717, 1.165) is 28.0 Å². The van der Waals surface area contributed by atoms with Gasteiger partial charge in [0.15, 0.2) is 0 Å². The third-order valence-electron chi connectivity index (χ3n) is 4.45. The number of thioether (sulfide) groups is 1. The van der Waals surface area contributed by atoms with Crippen molar-refractivity contribution < 1.29 is 13.9 Å². The molecular formula is C19H23NO3S. The average Bonchev–Trinajstić information content (AvgIpc) is 3.01. The molecule has 0 amide bonds. The number of esters is 1. The summed E-state index contributed by atoms with van der Waals surface area (Å²) in [6.45, 7) is 1.97. The summed E-state index contributed by atoms with van der Waals surface area (Å²) in [5, 5.41) is 0.762. The summed E-state index contributed by atoms with van der Waals surface area (Å²) in [6.07, 6.45) is 6.74. The summed E-state index contributed by atoms with van der Waals surface area (Å²) in [5.74, 6) is 2.06. The van der Waals surface area contributed by atoms with Crippen LogP contribution in [-0.2, 0) is 10.5 Å². The van der Waals surface area contributed by atoms with Crippen LogP contribution in [0.15, 0.2) is 28.7 Å². The van der Waals surface area contributed by atoms with Gasteiger partial charge in [-0.15, -0.1) is 0 Å². The zero-order valence-electron chi connectivity index (χ0n) is 14.2. The molecule has 24 heavy (non-hydrogen) atoms. The zero-order valence-corrected chi connectivity index (χ0v) is 15.0. The van der Waals surface area contributed by atoms with Crippen LogP contribution in [0, 0.1) is 6.92 Å². The molecule has 0 aliphatic heterocycles. The fourth-order valence-corrected chi connectivity index (χ4v) is 4.31. The van der Waals surface area contributed by atoms with E-state index in [0.29, 0.717) is 11.5 Å². The van der Waals surface area contributed by atoms with Crippen LogP contribution in [0.3, 0.4) is 0 Å². The topological polar surface area (TPSA) is 52.3 Å². The smallest absolute Gasteiger partial charge is 0.337 e. The molecule has 4 nitrogen and oxygen atoms in total. The van der Waals surface area contributed by atoms with Crippen LogP contribution >= 0.6 is 11.8 Å². The van der Waals surface area contributed by atoms with Gasteiger partial charge < -0.3 is 9.15 Å². The van der Waals surface area contributed by atoms with Crippen LogP contribution in [0.4, 0.5) is 0 Å². The average molecular weight is 345 g/mol. The molecule has 0 atom stereocenters. The third-order valence-corrected chi connectivity index (χ3v) is 5.84. The van der Waals surface area contributed by atoms with Gasteiger partial charge in [-0.2, -0.15) is 11.8 Å². The number of aryl methyl sites for hydroxylation is 1. The molecule has 0 bridgehead atoms. The first-order valence-corrected chi connectivity index (χ1v) is 9.49. The van der Waals surface area contributed by atoms with E-state index in [2.05, 4.69) is 4.98 Å². The van der Waals surface area contributed by atoms with Gasteiger partial charge in [-0.3, -0.25) is 0 Å². The molecule has 0 saturated heterocycles. The number of oxazole rings is 1. The van der Waals surface area contributed by atoms with Gasteiger partial charge in [-0.1, -0.05) is 19.3 Å². The van der Waals surface area contributed by atoms with E-state index in [1.54, 1.807) is 12.1 Å². The minimum Gasteiger partial charge on any atom is -0.465 e. The monoisotopic (exact) mass is 345 g/mol. The van der Waals surface area contributed by atoms with Gasteiger partial charge in [0.1, 0.15) is 5.76 Å². The van der Waals surface area contributed by atoms with E-state index >= 15 is 0 Å². The summed E-state index contributed by atoms with van der Waals surface area (Å²) >= 11 is 2.00. The maximum absolute atomic E-state index is 11.5. The SMILES string of the molecule is COC(=O)c1ccc(-c2nc(CSC3CCCCC3)c(C)o2)cc1. The van der Waals surface area contributed by atoms with E-state index < -0.39 is 0 Å². The lowest BCUT2D eigenvalue weighted by molar-refractivity contribution is 0.0600. The molecule has 0 radical (unpaired) electrons. The standard InChI is InChI=1S/C19H23NO3S/c1-13-17(12-24-16-6-4-3-5-7-16)20-18(23-13)14-8-10-15(11-9-14)19(21)22-2/h8-11,16H,3-7,12H2,1-2H3. The highest BCUT2D eigenvalue weighted by Gasteiger charge is 2.17. The third kappa shape index (κ3) is 4.01. The summed E-state index contributed by atoms with van der Waals surface area (Å²) < 4.78 is 10.5. The number of hydrogen-bond acceptors (Lipinski definition) is 5. The van der Waals surface area contributed by atoms with Crippen molar-refractivity contribution in [2.75, 3.05) is 7.11 Å². The Bertz CT molecular complexity index is 687. The maximum Gasteiger partial charge on any atom is 0.337 e. The van der Waals surface area contributed by atoms with Crippen molar-refractivity contribution in [1.29, 1.82) is 0 Å². The Labute approximate surface area is 147 Å². The molecule has 5 heteroatoms. The first-order valence-electron chi connectivity index (χ1n) is 8.44. The number of carbonyl (C=O) groups is 1. The fourth-order valence-electron chi connectivity index (χ4n) is 2.98. The van der Waals surface area contributed by atoms with Crippen molar-refractivity contribution in [2.24, 2.45) is 0 Å². The number of methoxy groups -OCH3 is 1. The van der Waals surface area contributed by atoms with Crippen molar-refractivity contribution in [3.8, 4) is 11.5 Å². The molecule has 0 unspecified atom stereocenters. The summed E-state index contributed by atoms with van der Waals surface area (Å²) in [5.41, 5.74) is 2.43. The largest absolute Gasteiger partial charge is 0.465 e. The van der Waals surface area contributed by atoms with E-state index in [1.807, 2.05) is 30.8 Å². The Morgan fingerprint density at radius 1 is 1.25 bits per heavy atom. The van der Waals surface area contributed by atoms with E-state index in [-0.39, 0.29) is 5.97 Å². The minimum absolute atomic E-state index is 0.338. The molecule has 1 aliphatic rings. The Kier molecular flexibility index (Phi) is 5.61. The molecule has 3 rings (SSSR count). The number of nitrogens with zero attached hydrogens (tertiary/aromatic N) is 1. The lowest BCUT2D eigenvalue weighted by Crippen LogP contribution is -2.08. The van der Waals surface area contributed by atoms with Gasteiger partial charge in [-0.05, 0) is 44.0 Å². The fraction of sp³-hybridized carbons (Fsp3) is 0.474. The van der Waals surface area contributed by atoms with Gasteiger partial charge in [0.25, 0.3) is 0 Å². The Morgan fingerprint density at radius 2 is 1.96 bits per heavy atom. The minimum atomic E-state index is -0.338. The number of aromatic nitrogens is 1. The Hall–Kier alpha value is -1.75. The van der Waals surface area contributed by atoms with Crippen LogP contribution in [-0.4, -0.2) is 23.3 Å². The number of benzene rings is 1. The molecule has 2 aromatic rings. The van der Waals surface area contributed by atoms with Crippen molar-refractivity contribution in [3.05, 3.63) is 41.3 Å². The van der Waals surface area contributed by atoms with Gasteiger partial charge in [-0.25, -0.2) is 9.78 Å². The molecule has 0 N–H and O–H groups in total. The highest BCUT2D eigenvalue weighted by molar-refractivity contribution is 7.99. The van der Waals surface area contributed by atoms with Crippen LogP contribution < -0.4 is 0 Å². The molecule has 1 saturated carbocycles. The quantitative estimate of drug-likeness (QED) is 0.714. The number of ether oxygens (including phenoxy) is 1. The summed E-state index contributed by atoms with van der Waals surface area (Å²) in [7, 11) is 1.38. The van der Waals surface area contributed by atoms with Gasteiger partial charge in [0.2, 0.25) is 5.89 Å². The van der Waals surface area contributed by atoms with Crippen LogP contribution in [0.1, 0.15) is 53.9 Å². The second-order valence-electron chi connectivity index (χ2n) is 6.16. The van der Waals surface area contributed by atoms with E-state index in [1.165, 1.54) is 39.2 Å². The van der Waals surface area contributed by atoms with Crippen molar-refractivity contribution >= 4 is 17.7 Å². The predicted molar refractivity (Wildman–Crippen MR) is 96.2 cm³/mol. The highest BCUT2D eigenvalue weighted by Crippen LogP contribution is 2.32. The van der Waals surface area contributed by atoms with Crippen molar-refractivity contribution in [3.63, 3.8) is 0 Å². The molecule has 1 aliphatic carbocycles.